The molecule has 2 N–H and O–H groups in total. The van der Waals surface area contributed by atoms with Gasteiger partial charge in [0.25, 0.3) is 0 Å². The van der Waals surface area contributed by atoms with E-state index < -0.39 is 0 Å². The largest absolute Gasteiger partial charge is 0.357 e. The molecule has 1 saturated heterocycles. The lowest BCUT2D eigenvalue weighted by molar-refractivity contribution is 0.240. The fraction of sp³-hybridized carbons (Fsp3) is 0.333. The molecule has 1 aliphatic heterocycles. The topological polar surface area (TPSA) is 88.0 Å². The highest BCUT2D eigenvalue weighted by atomic mass is 16.2. The number of nitrogens with one attached hydrogen (secondary N) is 2. The summed E-state index contributed by atoms with van der Waals surface area (Å²) in [6.45, 7) is 4.91. The molecule has 4 heterocycles. The molecule has 3 aromatic heterocycles. The Balaban J connectivity index is 1.30. The van der Waals surface area contributed by atoms with Gasteiger partial charge in [-0.2, -0.15) is 0 Å². The average molecular weight is 391 g/mol. The molecule has 0 aliphatic carbocycles. The Labute approximate surface area is 170 Å². The second-order valence-corrected chi connectivity index (χ2v) is 7.12. The van der Waals surface area contributed by atoms with Crippen LogP contribution in [-0.4, -0.2) is 38.6 Å². The molecule has 1 fully saturated rings. The number of hydrogen-bond donors (Lipinski definition) is 2. The lowest BCUT2D eigenvalue weighted by Gasteiger charge is -2.17. The Kier molecular flexibility index (Phi) is 5.69. The van der Waals surface area contributed by atoms with Crippen LogP contribution in [0.5, 0.6) is 0 Å². The van der Waals surface area contributed by atoms with Crippen LogP contribution in [-0.2, 0) is 13.1 Å². The Morgan fingerprint density at radius 1 is 0.931 bits per heavy atom. The average Bonchev–Trinajstić information content (AvgIpc) is 3.43. The number of carbonyl (C=O) groups excluding carboxylic acids is 1. The van der Waals surface area contributed by atoms with Gasteiger partial charge in [-0.25, -0.2) is 19.7 Å². The number of pyridine rings is 2. The molecule has 2 amide bonds. The summed E-state index contributed by atoms with van der Waals surface area (Å²) in [6.07, 6.45) is 9.57. The molecule has 0 atom stereocenters. The zero-order valence-electron chi connectivity index (χ0n) is 16.5. The molecule has 0 unspecified atom stereocenters. The molecule has 3 aromatic rings. The molecule has 4 rings (SSSR count). The van der Waals surface area contributed by atoms with Crippen molar-refractivity contribution in [3.05, 3.63) is 66.0 Å². The molecule has 0 spiro atoms. The minimum absolute atomic E-state index is 0.207. The van der Waals surface area contributed by atoms with Gasteiger partial charge in [0.1, 0.15) is 17.5 Å². The summed E-state index contributed by atoms with van der Waals surface area (Å²) < 4.78 is 1.91. The van der Waals surface area contributed by atoms with E-state index in [1.807, 2.05) is 42.0 Å². The Morgan fingerprint density at radius 2 is 1.55 bits per heavy atom. The minimum atomic E-state index is -0.207. The zero-order valence-corrected chi connectivity index (χ0v) is 16.5. The lowest BCUT2D eigenvalue weighted by atomic mass is 10.2. The Morgan fingerprint density at radius 3 is 2.17 bits per heavy atom. The van der Waals surface area contributed by atoms with Crippen molar-refractivity contribution in [2.45, 2.75) is 32.9 Å². The van der Waals surface area contributed by atoms with E-state index in [1.165, 1.54) is 12.8 Å². The van der Waals surface area contributed by atoms with Gasteiger partial charge in [-0.3, -0.25) is 4.57 Å². The summed E-state index contributed by atoms with van der Waals surface area (Å²) in [7, 11) is 0. The monoisotopic (exact) mass is 391 g/mol. The van der Waals surface area contributed by atoms with Crippen molar-refractivity contribution in [3.63, 3.8) is 0 Å². The molecule has 29 heavy (non-hydrogen) atoms. The number of aromatic nitrogens is 4. The van der Waals surface area contributed by atoms with Gasteiger partial charge in [0.05, 0.1) is 0 Å². The van der Waals surface area contributed by atoms with E-state index in [0.717, 1.165) is 41.7 Å². The SMILES string of the molecule is Cc1nccn1-c1cc(CNC(=O)NCc2ccnc(N3CCCC3)c2)ccn1. The molecule has 0 radical (unpaired) electrons. The maximum absolute atomic E-state index is 12.2. The fourth-order valence-electron chi connectivity index (χ4n) is 3.44. The number of rotatable bonds is 6. The van der Waals surface area contributed by atoms with Crippen molar-refractivity contribution in [3.8, 4) is 5.82 Å². The van der Waals surface area contributed by atoms with Gasteiger partial charge in [-0.1, -0.05) is 0 Å². The molecular weight excluding hydrogens is 366 g/mol. The lowest BCUT2D eigenvalue weighted by Crippen LogP contribution is -2.34. The highest BCUT2D eigenvalue weighted by molar-refractivity contribution is 5.73. The molecule has 0 saturated carbocycles. The van der Waals surface area contributed by atoms with Crippen molar-refractivity contribution < 1.29 is 4.79 Å². The molecule has 0 aromatic carbocycles. The summed E-state index contributed by atoms with van der Waals surface area (Å²) in [5.41, 5.74) is 2.01. The molecule has 8 heteroatoms. The van der Waals surface area contributed by atoms with E-state index in [2.05, 4.69) is 30.5 Å². The van der Waals surface area contributed by atoms with Crippen molar-refractivity contribution in [2.24, 2.45) is 0 Å². The predicted molar refractivity (Wildman–Crippen MR) is 111 cm³/mol. The van der Waals surface area contributed by atoms with Gasteiger partial charge in [-0.05, 0) is 55.2 Å². The van der Waals surface area contributed by atoms with Gasteiger partial charge in [0.2, 0.25) is 0 Å². The first kappa shape index (κ1) is 18.9. The van der Waals surface area contributed by atoms with Gasteiger partial charge in [0, 0.05) is 51.0 Å². The van der Waals surface area contributed by atoms with Crippen molar-refractivity contribution >= 4 is 11.8 Å². The third kappa shape index (κ3) is 4.71. The molecule has 8 nitrogen and oxygen atoms in total. The first-order valence-corrected chi connectivity index (χ1v) is 9.86. The van der Waals surface area contributed by atoms with Crippen LogP contribution in [0.25, 0.3) is 5.82 Å². The molecule has 0 bridgehead atoms. The minimum Gasteiger partial charge on any atom is -0.357 e. The van der Waals surface area contributed by atoms with Gasteiger partial charge in [0.15, 0.2) is 0 Å². The maximum Gasteiger partial charge on any atom is 0.315 e. The van der Waals surface area contributed by atoms with Crippen LogP contribution in [0.15, 0.2) is 49.1 Å². The van der Waals surface area contributed by atoms with Crippen LogP contribution < -0.4 is 15.5 Å². The van der Waals surface area contributed by atoms with Gasteiger partial charge < -0.3 is 15.5 Å². The molecular formula is C21H25N7O. The van der Waals surface area contributed by atoms with E-state index in [4.69, 9.17) is 0 Å². The molecule has 1 aliphatic rings. The van der Waals surface area contributed by atoms with Crippen LogP contribution in [0, 0.1) is 6.92 Å². The van der Waals surface area contributed by atoms with Crippen LogP contribution in [0.2, 0.25) is 0 Å². The van der Waals surface area contributed by atoms with Crippen molar-refractivity contribution in [2.75, 3.05) is 18.0 Å². The van der Waals surface area contributed by atoms with Crippen molar-refractivity contribution in [1.29, 1.82) is 0 Å². The number of aryl methyl sites for hydroxylation is 1. The van der Waals surface area contributed by atoms with Gasteiger partial charge in [-0.15, -0.1) is 0 Å². The number of imidazole rings is 1. The summed E-state index contributed by atoms with van der Waals surface area (Å²) in [6, 6.07) is 7.61. The Bertz CT molecular complexity index is 978. The van der Waals surface area contributed by atoms with Crippen LogP contribution in [0.3, 0.4) is 0 Å². The van der Waals surface area contributed by atoms with Gasteiger partial charge >= 0.3 is 6.03 Å². The number of carbonyl (C=O) groups is 1. The van der Waals surface area contributed by atoms with E-state index in [1.54, 1.807) is 18.6 Å². The quantitative estimate of drug-likeness (QED) is 0.674. The number of urea groups is 1. The highest BCUT2D eigenvalue weighted by Gasteiger charge is 2.13. The van der Waals surface area contributed by atoms with Crippen LogP contribution in [0.1, 0.15) is 29.8 Å². The smallest absolute Gasteiger partial charge is 0.315 e. The standard InChI is InChI=1S/C21H25N7O/c1-16-22-8-11-28(16)20-13-18(5-7-24-20)15-26-21(29)25-14-17-4-6-23-19(12-17)27-9-2-3-10-27/h4-8,11-13H,2-3,9-10,14-15H2,1H3,(H2,25,26,29). The summed E-state index contributed by atoms with van der Waals surface area (Å²) >= 11 is 0. The second kappa shape index (κ2) is 8.72. The molecule has 150 valence electrons. The first-order chi connectivity index (χ1) is 14.2. The number of anilines is 1. The zero-order chi connectivity index (χ0) is 20.1. The van der Waals surface area contributed by atoms with E-state index in [0.29, 0.717) is 13.1 Å². The summed E-state index contributed by atoms with van der Waals surface area (Å²) in [4.78, 5) is 27.5. The van der Waals surface area contributed by atoms with E-state index >= 15 is 0 Å². The van der Waals surface area contributed by atoms with Crippen LogP contribution in [0.4, 0.5) is 10.6 Å². The number of nitrogens with zero attached hydrogens (tertiary/aromatic N) is 5. The maximum atomic E-state index is 12.2. The number of amides is 2. The predicted octanol–water partition coefficient (Wildman–Crippen LogP) is 2.57. The van der Waals surface area contributed by atoms with Crippen LogP contribution >= 0.6 is 0 Å². The van der Waals surface area contributed by atoms with E-state index in [-0.39, 0.29) is 6.03 Å². The highest BCUT2D eigenvalue weighted by Crippen LogP contribution is 2.18. The summed E-state index contributed by atoms with van der Waals surface area (Å²) in [5.74, 6) is 2.64. The van der Waals surface area contributed by atoms with E-state index in [9.17, 15) is 4.79 Å². The number of hydrogen-bond acceptors (Lipinski definition) is 5. The van der Waals surface area contributed by atoms with Crippen molar-refractivity contribution in [1.82, 2.24) is 30.2 Å². The normalized spacial score (nSPS) is 13.5. The summed E-state index contributed by atoms with van der Waals surface area (Å²) in [5, 5.41) is 5.81. The second-order valence-electron chi connectivity index (χ2n) is 7.12. The third-order valence-electron chi connectivity index (χ3n) is 5.03. The first-order valence-electron chi connectivity index (χ1n) is 9.86. The fourth-order valence-corrected chi connectivity index (χ4v) is 3.44. The Hall–Kier alpha value is -3.42. The third-order valence-corrected chi connectivity index (χ3v) is 5.03.